The third-order valence-electron chi connectivity index (χ3n) is 3.93. The number of aliphatic hydroxyl groups is 1. The second-order valence-electron chi connectivity index (χ2n) is 6.79. The van der Waals surface area contributed by atoms with E-state index in [0.717, 1.165) is 31.6 Å². The number of carbonyl (C=O) groups is 1. The maximum atomic E-state index is 11.3. The van der Waals surface area contributed by atoms with Crippen LogP contribution in [0.5, 0.6) is 0 Å². The molecular weight excluding hydrogens is 268 g/mol. The highest BCUT2D eigenvalue weighted by atomic mass is 16.4. The van der Waals surface area contributed by atoms with Crippen LogP contribution in [-0.2, 0) is 5.41 Å². The summed E-state index contributed by atoms with van der Waals surface area (Å²) in [6.07, 6.45) is 2.01. The van der Waals surface area contributed by atoms with E-state index in [1.54, 1.807) is 12.1 Å². The van der Waals surface area contributed by atoms with Crippen molar-refractivity contribution in [3.63, 3.8) is 0 Å². The van der Waals surface area contributed by atoms with Crippen LogP contribution >= 0.6 is 0 Å². The van der Waals surface area contributed by atoms with Gasteiger partial charge in [-0.3, -0.25) is 0 Å². The van der Waals surface area contributed by atoms with Gasteiger partial charge in [0.25, 0.3) is 0 Å². The molecule has 1 atom stereocenters. The molecule has 0 bridgehead atoms. The van der Waals surface area contributed by atoms with Gasteiger partial charge in [-0.15, -0.1) is 0 Å². The van der Waals surface area contributed by atoms with E-state index in [9.17, 15) is 15.0 Å². The molecule has 5 heteroatoms. The minimum absolute atomic E-state index is 0.168. The molecule has 0 aliphatic carbocycles. The van der Waals surface area contributed by atoms with Crippen LogP contribution in [0.1, 0.15) is 49.7 Å². The zero-order chi connectivity index (χ0) is 15.6. The number of anilines is 1. The van der Waals surface area contributed by atoms with E-state index in [1.165, 1.54) is 0 Å². The van der Waals surface area contributed by atoms with Gasteiger partial charge in [0, 0.05) is 30.8 Å². The number of aromatic carboxylic acids is 1. The molecule has 1 aliphatic rings. The number of pyridine rings is 1. The maximum absolute atomic E-state index is 11.3. The van der Waals surface area contributed by atoms with Gasteiger partial charge in [0.2, 0.25) is 0 Å². The second-order valence-corrected chi connectivity index (χ2v) is 6.79. The first-order chi connectivity index (χ1) is 9.81. The first-order valence-electron chi connectivity index (χ1n) is 7.43. The fourth-order valence-electron chi connectivity index (χ4n) is 2.61. The topological polar surface area (TPSA) is 73.7 Å². The largest absolute Gasteiger partial charge is 0.478 e. The van der Waals surface area contributed by atoms with Gasteiger partial charge in [0.1, 0.15) is 5.82 Å². The summed E-state index contributed by atoms with van der Waals surface area (Å²) in [6, 6.07) is 3.29. The first-order valence-corrected chi connectivity index (χ1v) is 7.43. The van der Waals surface area contributed by atoms with Crippen LogP contribution in [0.25, 0.3) is 0 Å². The summed E-state index contributed by atoms with van der Waals surface area (Å²) < 4.78 is 0. The van der Waals surface area contributed by atoms with Crippen LogP contribution in [0.2, 0.25) is 0 Å². The monoisotopic (exact) mass is 292 g/mol. The Labute approximate surface area is 125 Å². The zero-order valence-electron chi connectivity index (χ0n) is 13.0. The van der Waals surface area contributed by atoms with E-state index in [4.69, 9.17) is 0 Å². The molecule has 0 radical (unpaired) electrons. The molecule has 1 saturated heterocycles. The number of carboxylic acid groups (broad SMARTS) is 1. The lowest BCUT2D eigenvalue weighted by Crippen LogP contribution is -2.37. The van der Waals surface area contributed by atoms with Crippen molar-refractivity contribution in [3.8, 4) is 0 Å². The third-order valence-corrected chi connectivity index (χ3v) is 3.93. The molecule has 0 saturated carbocycles. The standard InChI is InChI=1S/C16H24N2O3/c1-16(2,3)13-7-12(15(20)21)8-14(17-13)18-6-4-5-11(9-18)10-19/h7-8,11,19H,4-6,9-10H2,1-3H3,(H,20,21). The lowest BCUT2D eigenvalue weighted by atomic mass is 9.90. The van der Waals surface area contributed by atoms with Crippen LogP contribution < -0.4 is 4.90 Å². The number of rotatable bonds is 3. The molecule has 1 fully saturated rings. The Morgan fingerprint density at radius 1 is 1.43 bits per heavy atom. The summed E-state index contributed by atoms with van der Waals surface area (Å²) in [5, 5.41) is 18.7. The minimum Gasteiger partial charge on any atom is -0.478 e. The van der Waals surface area contributed by atoms with Crippen LogP contribution in [-0.4, -0.2) is 40.9 Å². The van der Waals surface area contributed by atoms with Crippen LogP contribution in [0.3, 0.4) is 0 Å². The lowest BCUT2D eigenvalue weighted by molar-refractivity contribution is 0.0696. The molecule has 2 rings (SSSR count). The second kappa shape index (κ2) is 6.02. The fourth-order valence-corrected chi connectivity index (χ4v) is 2.61. The van der Waals surface area contributed by atoms with Crippen molar-refractivity contribution in [2.24, 2.45) is 5.92 Å². The molecular formula is C16H24N2O3. The normalized spacial score (nSPS) is 19.6. The Morgan fingerprint density at radius 3 is 2.71 bits per heavy atom. The highest BCUT2D eigenvalue weighted by Gasteiger charge is 2.24. The maximum Gasteiger partial charge on any atom is 0.335 e. The SMILES string of the molecule is CC(C)(C)c1cc(C(=O)O)cc(N2CCCC(CO)C2)n1. The summed E-state index contributed by atoms with van der Waals surface area (Å²) >= 11 is 0. The number of aromatic nitrogens is 1. The lowest BCUT2D eigenvalue weighted by Gasteiger charge is -2.33. The average molecular weight is 292 g/mol. The van der Waals surface area contributed by atoms with E-state index < -0.39 is 5.97 Å². The molecule has 1 aromatic rings. The molecule has 1 unspecified atom stereocenters. The van der Waals surface area contributed by atoms with Crippen molar-refractivity contribution in [1.82, 2.24) is 4.98 Å². The van der Waals surface area contributed by atoms with Gasteiger partial charge in [-0.05, 0) is 30.9 Å². The van der Waals surface area contributed by atoms with E-state index in [0.29, 0.717) is 5.82 Å². The van der Waals surface area contributed by atoms with E-state index >= 15 is 0 Å². The van der Waals surface area contributed by atoms with Gasteiger partial charge < -0.3 is 15.1 Å². The predicted molar refractivity (Wildman–Crippen MR) is 81.9 cm³/mol. The summed E-state index contributed by atoms with van der Waals surface area (Å²) in [4.78, 5) is 18.1. The molecule has 2 heterocycles. The van der Waals surface area contributed by atoms with Crippen LogP contribution in [0, 0.1) is 5.92 Å². The quantitative estimate of drug-likeness (QED) is 0.894. The molecule has 0 aromatic carbocycles. The number of hydrogen-bond acceptors (Lipinski definition) is 4. The molecule has 0 amide bonds. The van der Waals surface area contributed by atoms with Crippen molar-refractivity contribution < 1.29 is 15.0 Å². The molecule has 5 nitrogen and oxygen atoms in total. The van der Waals surface area contributed by atoms with Gasteiger partial charge >= 0.3 is 5.97 Å². The Balaban J connectivity index is 2.38. The van der Waals surface area contributed by atoms with Gasteiger partial charge in [-0.2, -0.15) is 0 Å². The van der Waals surface area contributed by atoms with E-state index in [2.05, 4.69) is 9.88 Å². The van der Waals surface area contributed by atoms with Gasteiger partial charge in [-0.1, -0.05) is 20.8 Å². The summed E-state index contributed by atoms with van der Waals surface area (Å²) in [5.41, 5.74) is 0.853. The predicted octanol–water partition coefficient (Wildman–Crippen LogP) is 2.29. The van der Waals surface area contributed by atoms with Crippen LogP contribution in [0.15, 0.2) is 12.1 Å². The minimum atomic E-state index is -0.931. The number of piperidine rings is 1. The smallest absolute Gasteiger partial charge is 0.335 e. The zero-order valence-corrected chi connectivity index (χ0v) is 13.0. The Kier molecular flexibility index (Phi) is 4.52. The highest BCUT2D eigenvalue weighted by molar-refractivity contribution is 5.88. The molecule has 0 spiro atoms. The molecule has 21 heavy (non-hydrogen) atoms. The van der Waals surface area contributed by atoms with Crippen molar-refractivity contribution in [2.45, 2.75) is 39.0 Å². The number of carboxylic acids is 1. The third kappa shape index (κ3) is 3.73. The molecule has 116 valence electrons. The molecule has 1 aromatic heterocycles. The van der Waals surface area contributed by atoms with Gasteiger partial charge in [-0.25, -0.2) is 9.78 Å². The Hall–Kier alpha value is -1.62. The highest BCUT2D eigenvalue weighted by Crippen LogP contribution is 2.27. The number of hydrogen-bond donors (Lipinski definition) is 2. The van der Waals surface area contributed by atoms with Crippen molar-refractivity contribution in [3.05, 3.63) is 23.4 Å². The van der Waals surface area contributed by atoms with Crippen molar-refractivity contribution in [1.29, 1.82) is 0 Å². The summed E-state index contributed by atoms with van der Waals surface area (Å²) in [6.45, 7) is 7.83. The van der Waals surface area contributed by atoms with Crippen molar-refractivity contribution in [2.75, 3.05) is 24.6 Å². The van der Waals surface area contributed by atoms with Gasteiger partial charge in [0.05, 0.1) is 5.56 Å². The van der Waals surface area contributed by atoms with E-state index in [-0.39, 0.29) is 23.5 Å². The Bertz CT molecular complexity index is 523. The average Bonchev–Trinajstić information content (AvgIpc) is 2.46. The molecule has 1 aliphatic heterocycles. The first kappa shape index (κ1) is 15.8. The van der Waals surface area contributed by atoms with Gasteiger partial charge in [0.15, 0.2) is 0 Å². The van der Waals surface area contributed by atoms with Crippen LogP contribution in [0.4, 0.5) is 5.82 Å². The molecule has 2 N–H and O–H groups in total. The van der Waals surface area contributed by atoms with Crippen molar-refractivity contribution >= 4 is 11.8 Å². The van der Waals surface area contributed by atoms with E-state index in [1.807, 2.05) is 20.8 Å². The fraction of sp³-hybridized carbons (Fsp3) is 0.625. The number of aliphatic hydroxyl groups excluding tert-OH is 1. The summed E-state index contributed by atoms with van der Waals surface area (Å²) in [5.74, 6) is 0.0185. The number of nitrogens with zero attached hydrogens (tertiary/aromatic N) is 2. The Morgan fingerprint density at radius 2 is 2.14 bits per heavy atom. The summed E-state index contributed by atoms with van der Waals surface area (Å²) in [7, 11) is 0.